The van der Waals surface area contributed by atoms with Gasteiger partial charge in [0.25, 0.3) is 0 Å². The second kappa shape index (κ2) is 7.13. The maximum atomic E-state index is 4.89. The van der Waals surface area contributed by atoms with Crippen LogP contribution >= 0.6 is 0 Å². The van der Waals surface area contributed by atoms with Gasteiger partial charge >= 0.3 is 0 Å². The normalized spacial score (nSPS) is 18.8. The molecule has 0 amide bonds. The molecule has 26 heavy (non-hydrogen) atoms. The number of benzene rings is 1. The van der Waals surface area contributed by atoms with E-state index in [1.807, 2.05) is 12.1 Å². The van der Waals surface area contributed by atoms with Crippen molar-refractivity contribution in [2.75, 3.05) is 27.2 Å². The van der Waals surface area contributed by atoms with Gasteiger partial charge in [-0.2, -0.15) is 0 Å². The van der Waals surface area contributed by atoms with E-state index in [1.165, 1.54) is 0 Å². The van der Waals surface area contributed by atoms with E-state index in [-0.39, 0.29) is 0 Å². The first kappa shape index (κ1) is 17.1. The molecule has 0 spiro atoms. The van der Waals surface area contributed by atoms with Crippen molar-refractivity contribution in [2.24, 2.45) is 7.05 Å². The van der Waals surface area contributed by atoms with Crippen molar-refractivity contribution in [3.63, 3.8) is 0 Å². The summed E-state index contributed by atoms with van der Waals surface area (Å²) < 4.78 is 7.05. The monoisotopic (exact) mass is 355 g/mol. The number of fused-ring (bicyclic) bond motifs is 1. The van der Waals surface area contributed by atoms with Crippen LogP contribution in [0.4, 0.5) is 0 Å². The molecule has 4 rings (SSSR count). The van der Waals surface area contributed by atoms with Crippen molar-refractivity contribution in [1.29, 1.82) is 0 Å². The molecule has 0 unspecified atom stereocenters. The van der Waals surface area contributed by atoms with Gasteiger partial charge in [-0.1, -0.05) is 12.1 Å². The molecule has 1 aliphatic rings. The van der Waals surface area contributed by atoms with Crippen LogP contribution in [0.3, 0.4) is 0 Å². The van der Waals surface area contributed by atoms with Crippen LogP contribution in [-0.2, 0) is 20.1 Å². The molecule has 0 N–H and O–H groups in total. The third-order valence-electron chi connectivity index (χ3n) is 5.09. The standard InChI is InChI=1S/C18H25N7O/c1-23(2)12-16-19-20-18(24(16)3)14-7-5-9-25(11-14)10-13-6-4-8-15-17(13)22-26-21-15/h4,6,8,14H,5,7,9-12H2,1-3H3/t14-/m0/s1. The zero-order valence-electron chi connectivity index (χ0n) is 15.6. The summed E-state index contributed by atoms with van der Waals surface area (Å²) >= 11 is 0. The lowest BCUT2D eigenvalue weighted by Crippen LogP contribution is -2.35. The number of aromatic nitrogens is 5. The molecular weight excluding hydrogens is 330 g/mol. The van der Waals surface area contributed by atoms with Gasteiger partial charge in [0, 0.05) is 26.1 Å². The van der Waals surface area contributed by atoms with Gasteiger partial charge in [0.1, 0.15) is 22.7 Å². The van der Waals surface area contributed by atoms with Crippen LogP contribution < -0.4 is 0 Å². The number of hydrogen-bond donors (Lipinski definition) is 0. The van der Waals surface area contributed by atoms with Gasteiger partial charge in [-0.15, -0.1) is 10.2 Å². The number of likely N-dealkylation sites (tertiary alicyclic amines) is 1. The average Bonchev–Trinajstić information content (AvgIpc) is 3.23. The Hall–Kier alpha value is -2.32. The molecule has 3 aromatic rings. The van der Waals surface area contributed by atoms with E-state index in [2.05, 4.69) is 62.1 Å². The van der Waals surface area contributed by atoms with Crippen LogP contribution in [0.5, 0.6) is 0 Å². The zero-order valence-corrected chi connectivity index (χ0v) is 15.6. The molecule has 1 aromatic carbocycles. The molecule has 8 nitrogen and oxygen atoms in total. The van der Waals surface area contributed by atoms with Gasteiger partial charge in [-0.25, -0.2) is 4.63 Å². The van der Waals surface area contributed by atoms with Gasteiger partial charge < -0.3 is 9.47 Å². The fourth-order valence-corrected chi connectivity index (χ4v) is 3.79. The first-order valence-corrected chi connectivity index (χ1v) is 9.07. The molecule has 0 aliphatic carbocycles. The van der Waals surface area contributed by atoms with E-state index in [9.17, 15) is 0 Å². The first-order chi connectivity index (χ1) is 12.6. The van der Waals surface area contributed by atoms with E-state index in [1.54, 1.807) is 0 Å². The minimum absolute atomic E-state index is 0.409. The lowest BCUT2D eigenvalue weighted by Gasteiger charge is -2.32. The quantitative estimate of drug-likeness (QED) is 0.690. The van der Waals surface area contributed by atoms with Crippen LogP contribution in [0.25, 0.3) is 11.0 Å². The lowest BCUT2D eigenvalue weighted by molar-refractivity contribution is 0.195. The number of hydrogen-bond acceptors (Lipinski definition) is 7. The Morgan fingerprint density at radius 1 is 1.23 bits per heavy atom. The third-order valence-corrected chi connectivity index (χ3v) is 5.09. The highest BCUT2D eigenvalue weighted by Crippen LogP contribution is 2.27. The van der Waals surface area contributed by atoms with E-state index >= 15 is 0 Å². The number of rotatable bonds is 5. The highest BCUT2D eigenvalue weighted by molar-refractivity contribution is 5.76. The molecule has 1 aliphatic heterocycles. The maximum Gasteiger partial charge on any atom is 0.146 e. The molecule has 1 fully saturated rings. The van der Waals surface area contributed by atoms with Crippen LogP contribution in [-0.4, -0.2) is 62.1 Å². The smallest absolute Gasteiger partial charge is 0.146 e. The molecule has 8 heteroatoms. The Morgan fingerprint density at radius 2 is 2.12 bits per heavy atom. The van der Waals surface area contributed by atoms with E-state index < -0.39 is 0 Å². The Labute approximate surface area is 152 Å². The second-order valence-electron chi connectivity index (χ2n) is 7.39. The van der Waals surface area contributed by atoms with Crippen molar-refractivity contribution in [3.8, 4) is 0 Å². The van der Waals surface area contributed by atoms with Crippen LogP contribution in [0.15, 0.2) is 22.8 Å². The summed E-state index contributed by atoms with van der Waals surface area (Å²) in [5.41, 5.74) is 2.84. The van der Waals surface area contributed by atoms with Crippen molar-refractivity contribution >= 4 is 11.0 Å². The summed E-state index contributed by atoms with van der Waals surface area (Å²) in [4.78, 5) is 4.59. The topological polar surface area (TPSA) is 76.1 Å². The minimum atomic E-state index is 0.409. The highest BCUT2D eigenvalue weighted by Gasteiger charge is 2.26. The Balaban J connectivity index is 1.49. The first-order valence-electron chi connectivity index (χ1n) is 9.07. The fraction of sp³-hybridized carbons (Fsp3) is 0.556. The van der Waals surface area contributed by atoms with Gasteiger partial charge in [-0.05, 0) is 55.4 Å². The molecule has 0 radical (unpaired) electrons. The predicted molar refractivity (Wildman–Crippen MR) is 97.5 cm³/mol. The predicted octanol–water partition coefficient (Wildman–Crippen LogP) is 1.79. The van der Waals surface area contributed by atoms with Crippen LogP contribution in [0.2, 0.25) is 0 Å². The van der Waals surface area contributed by atoms with E-state index in [4.69, 9.17) is 4.63 Å². The minimum Gasteiger partial charge on any atom is -0.317 e. The molecule has 1 saturated heterocycles. The van der Waals surface area contributed by atoms with Gasteiger partial charge in [0.05, 0.1) is 6.54 Å². The van der Waals surface area contributed by atoms with Crippen molar-refractivity contribution in [3.05, 3.63) is 35.4 Å². The Morgan fingerprint density at radius 3 is 2.96 bits per heavy atom. The van der Waals surface area contributed by atoms with Gasteiger partial charge in [-0.3, -0.25) is 4.90 Å². The molecule has 3 heterocycles. The van der Waals surface area contributed by atoms with Crippen molar-refractivity contribution in [2.45, 2.75) is 31.8 Å². The summed E-state index contributed by atoms with van der Waals surface area (Å²) in [6.45, 7) is 3.72. The van der Waals surface area contributed by atoms with Crippen LogP contribution in [0.1, 0.15) is 36.0 Å². The van der Waals surface area contributed by atoms with E-state index in [0.717, 1.165) is 67.3 Å². The maximum absolute atomic E-state index is 4.89. The van der Waals surface area contributed by atoms with Crippen molar-refractivity contribution in [1.82, 2.24) is 34.9 Å². The van der Waals surface area contributed by atoms with Gasteiger partial charge in [0.2, 0.25) is 0 Å². The average molecular weight is 355 g/mol. The molecule has 0 saturated carbocycles. The largest absolute Gasteiger partial charge is 0.317 e. The lowest BCUT2D eigenvalue weighted by atomic mass is 9.96. The van der Waals surface area contributed by atoms with Crippen molar-refractivity contribution < 1.29 is 4.63 Å². The molecule has 2 aromatic heterocycles. The molecular formula is C18H25N7O. The summed E-state index contributed by atoms with van der Waals surface area (Å²) in [7, 11) is 6.18. The third kappa shape index (κ3) is 3.34. The van der Waals surface area contributed by atoms with Crippen LogP contribution in [0, 0.1) is 0 Å². The Kier molecular flexibility index (Phi) is 4.69. The Bertz CT molecular complexity index is 885. The molecule has 138 valence electrons. The second-order valence-corrected chi connectivity index (χ2v) is 7.39. The fourth-order valence-electron chi connectivity index (χ4n) is 3.79. The molecule has 1 atom stereocenters. The summed E-state index contributed by atoms with van der Waals surface area (Å²) in [5, 5.41) is 16.9. The summed E-state index contributed by atoms with van der Waals surface area (Å²) in [6, 6.07) is 6.05. The summed E-state index contributed by atoms with van der Waals surface area (Å²) in [6.07, 6.45) is 2.31. The SMILES string of the molecule is CN(C)Cc1nnc([C@H]2CCCN(Cc3cccc4nonc34)C2)n1C. The number of nitrogens with zero attached hydrogens (tertiary/aromatic N) is 7. The molecule has 0 bridgehead atoms. The zero-order chi connectivity index (χ0) is 18.1. The van der Waals surface area contributed by atoms with E-state index in [0.29, 0.717) is 5.92 Å². The van der Waals surface area contributed by atoms with Gasteiger partial charge in [0.15, 0.2) is 0 Å². The highest BCUT2D eigenvalue weighted by atomic mass is 16.6. The summed E-state index contributed by atoms with van der Waals surface area (Å²) in [5.74, 6) is 2.51. The number of piperidine rings is 1.